The summed E-state index contributed by atoms with van der Waals surface area (Å²) in [5, 5.41) is 1.00. The van der Waals surface area contributed by atoms with E-state index in [0.29, 0.717) is 12.2 Å². The van der Waals surface area contributed by atoms with Crippen LogP contribution < -0.4 is 10.4 Å². The molecule has 1 heterocycles. The molecule has 0 bridgehead atoms. The standard InChI is InChI=1S/C21H28O3/c1-6-7-8-9-10-18-15(4)17-11-12-19(23-13-14(2)3)16(5)20(17)24-21(18)22/h11-12H,2,6-10,13H2,1,3-5H3. The molecule has 3 heteroatoms. The van der Waals surface area contributed by atoms with Crippen LogP contribution in [-0.2, 0) is 6.42 Å². The molecule has 0 unspecified atom stereocenters. The van der Waals surface area contributed by atoms with Crippen molar-refractivity contribution in [2.75, 3.05) is 6.61 Å². The molecular formula is C21H28O3. The van der Waals surface area contributed by atoms with Crippen LogP contribution in [0.2, 0.25) is 0 Å². The SMILES string of the molecule is C=C(C)COc1ccc2c(C)c(CCCCCC)c(=O)oc2c1C. The topological polar surface area (TPSA) is 39.4 Å². The molecule has 1 aromatic carbocycles. The molecule has 24 heavy (non-hydrogen) atoms. The summed E-state index contributed by atoms with van der Waals surface area (Å²) in [7, 11) is 0. The van der Waals surface area contributed by atoms with Gasteiger partial charge in [0, 0.05) is 16.5 Å². The largest absolute Gasteiger partial charge is 0.489 e. The van der Waals surface area contributed by atoms with Crippen LogP contribution in [0.25, 0.3) is 11.0 Å². The second-order valence-electron chi connectivity index (χ2n) is 6.61. The summed E-state index contributed by atoms with van der Waals surface area (Å²) in [6.45, 7) is 12.4. The summed E-state index contributed by atoms with van der Waals surface area (Å²) in [6.07, 6.45) is 5.37. The Hall–Kier alpha value is -2.03. The van der Waals surface area contributed by atoms with Crippen LogP contribution in [0.4, 0.5) is 0 Å². The normalized spacial score (nSPS) is 11.0. The van der Waals surface area contributed by atoms with Crippen molar-refractivity contribution < 1.29 is 9.15 Å². The smallest absolute Gasteiger partial charge is 0.339 e. The number of rotatable bonds is 8. The van der Waals surface area contributed by atoms with Gasteiger partial charge in [-0.25, -0.2) is 4.79 Å². The minimum Gasteiger partial charge on any atom is -0.489 e. The monoisotopic (exact) mass is 328 g/mol. The van der Waals surface area contributed by atoms with E-state index in [1.54, 1.807) is 0 Å². The summed E-state index contributed by atoms with van der Waals surface area (Å²) >= 11 is 0. The maximum atomic E-state index is 12.4. The van der Waals surface area contributed by atoms with Gasteiger partial charge in [0.05, 0.1) is 0 Å². The highest BCUT2D eigenvalue weighted by Gasteiger charge is 2.15. The molecule has 0 spiro atoms. The van der Waals surface area contributed by atoms with Crippen molar-refractivity contribution in [1.82, 2.24) is 0 Å². The van der Waals surface area contributed by atoms with E-state index in [1.165, 1.54) is 12.8 Å². The quantitative estimate of drug-likeness (QED) is 0.365. The zero-order valence-corrected chi connectivity index (χ0v) is 15.3. The van der Waals surface area contributed by atoms with Gasteiger partial charge in [-0.1, -0.05) is 32.8 Å². The van der Waals surface area contributed by atoms with Crippen LogP contribution in [0.15, 0.2) is 33.5 Å². The summed E-state index contributed by atoms with van der Waals surface area (Å²) < 4.78 is 11.4. The Labute approximate surface area is 144 Å². The number of unbranched alkanes of at least 4 members (excludes halogenated alkanes) is 3. The molecule has 2 rings (SSSR count). The number of fused-ring (bicyclic) bond motifs is 1. The van der Waals surface area contributed by atoms with E-state index in [1.807, 2.05) is 32.9 Å². The van der Waals surface area contributed by atoms with Crippen molar-refractivity contribution >= 4 is 11.0 Å². The van der Waals surface area contributed by atoms with Gasteiger partial charge >= 0.3 is 5.63 Å². The number of benzene rings is 1. The van der Waals surface area contributed by atoms with E-state index in [-0.39, 0.29) is 5.63 Å². The molecule has 0 atom stereocenters. The Morgan fingerprint density at radius 2 is 1.92 bits per heavy atom. The van der Waals surface area contributed by atoms with Gasteiger partial charge in [0.15, 0.2) is 0 Å². The van der Waals surface area contributed by atoms with Crippen LogP contribution in [-0.4, -0.2) is 6.61 Å². The Bertz CT molecular complexity index is 784. The van der Waals surface area contributed by atoms with Gasteiger partial charge in [0.2, 0.25) is 0 Å². The molecule has 0 aliphatic heterocycles. The van der Waals surface area contributed by atoms with Gasteiger partial charge in [-0.2, -0.15) is 0 Å². The molecule has 0 saturated heterocycles. The van der Waals surface area contributed by atoms with Gasteiger partial charge in [0.1, 0.15) is 17.9 Å². The first-order chi connectivity index (χ1) is 11.5. The molecule has 0 aliphatic rings. The number of hydrogen-bond donors (Lipinski definition) is 0. The fourth-order valence-electron chi connectivity index (χ4n) is 2.95. The third kappa shape index (κ3) is 4.08. The average Bonchev–Trinajstić information content (AvgIpc) is 2.54. The zero-order chi connectivity index (χ0) is 17.7. The van der Waals surface area contributed by atoms with Crippen LogP contribution in [0.1, 0.15) is 56.2 Å². The minimum atomic E-state index is -0.211. The van der Waals surface area contributed by atoms with Gasteiger partial charge in [0.25, 0.3) is 0 Å². The third-order valence-electron chi connectivity index (χ3n) is 4.41. The van der Waals surface area contributed by atoms with E-state index >= 15 is 0 Å². The minimum absolute atomic E-state index is 0.211. The number of ether oxygens (including phenoxy) is 1. The fourth-order valence-corrected chi connectivity index (χ4v) is 2.95. The third-order valence-corrected chi connectivity index (χ3v) is 4.41. The van der Waals surface area contributed by atoms with Crippen LogP contribution in [0, 0.1) is 13.8 Å². The van der Waals surface area contributed by atoms with Crippen LogP contribution in [0.3, 0.4) is 0 Å². The first-order valence-electron chi connectivity index (χ1n) is 8.78. The molecule has 130 valence electrons. The lowest BCUT2D eigenvalue weighted by Gasteiger charge is -2.13. The molecule has 1 aromatic heterocycles. The Morgan fingerprint density at radius 3 is 2.58 bits per heavy atom. The van der Waals surface area contributed by atoms with Crippen LogP contribution >= 0.6 is 0 Å². The molecule has 0 fully saturated rings. The van der Waals surface area contributed by atoms with Crippen molar-refractivity contribution in [2.45, 2.75) is 59.8 Å². The van der Waals surface area contributed by atoms with Crippen molar-refractivity contribution in [3.63, 3.8) is 0 Å². The summed E-state index contributed by atoms with van der Waals surface area (Å²) in [4.78, 5) is 12.4. The highest BCUT2D eigenvalue weighted by molar-refractivity contribution is 5.85. The van der Waals surface area contributed by atoms with Gasteiger partial charge in [-0.05, 0) is 56.9 Å². The fraction of sp³-hybridized carbons (Fsp3) is 0.476. The van der Waals surface area contributed by atoms with E-state index in [2.05, 4.69) is 13.5 Å². The lowest BCUT2D eigenvalue weighted by molar-refractivity contribution is 0.350. The lowest BCUT2D eigenvalue weighted by atomic mass is 9.99. The molecule has 0 saturated carbocycles. The predicted octanol–water partition coefficient (Wildman–Crippen LogP) is 5.49. The summed E-state index contributed by atoms with van der Waals surface area (Å²) in [5.74, 6) is 0.740. The highest BCUT2D eigenvalue weighted by Crippen LogP contribution is 2.30. The molecule has 0 N–H and O–H groups in total. The van der Waals surface area contributed by atoms with Gasteiger partial charge < -0.3 is 9.15 Å². The Balaban J connectivity index is 2.36. The second-order valence-corrected chi connectivity index (χ2v) is 6.61. The van der Waals surface area contributed by atoms with Crippen LogP contribution in [0.5, 0.6) is 5.75 Å². The number of hydrogen-bond acceptors (Lipinski definition) is 3. The van der Waals surface area contributed by atoms with E-state index in [9.17, 15) is 4.79 Å². The average molecular weight is 328 g/mol. The van der Waals surface area contributed by atoms with Crippen molar-refractivity contribution in [3.8, 4) is 5.75 Å². The van der Waals surface area contributed by atoms with Crippen molar-refractivity contribution in [1.29, 1.82) is 0 Å². The van der Waals surface area contributed by atoms with Crippen molar-refractivity contribution in [3.05, 3.63) is 51.4 Å². The lowest BCUT2D eigenvalue weighted by Crippen LogP contribution is -2.11. The van der Waals surface area contributed by atoms with Crippen molar-refractivity contribution in [2.24, 2.45) is 0 Å². The maximum Gasteiger partial charge on any atom is 0.339 e. The van der Waals surface area contributed by atoms with E-state index < -0.39 is 0 Å². The summed E-state index contributed by atoms with van der Waals surface area (Å²) in [5.41, 5.74) is 4.09. The number of aryl methyl sites for hydroxylation is 2. The first kappa shape index (κ1) is 18.3. The van der Waals surface area contributed by atoms with E-state index in [0.717, 1.165) is 52.7 Å². The molecule has 0 amide bonds. The maximum absolute atomic E-state index is 12.4. The predicted molar refractivity (Wildman–Crippen MR) is 100 cm³/mol. The molecular weight excluding hydrogens is 300 g/mol. The Kier molecular flexibility index (Phi) is 6.24. The van der Waals surface area contributed by atoms with E-state index in [4.69, 9.17) is 9.15 Å². The molecule has 0 radical (unpaired) electrons. The highest BCUT2D eigenvalue weighted by atomic mass is 16.5. The second kappa shape index (κ2) is 8.18. The first-order valence-corrected chi connectivity index (χ1v) is 8.78. The zero-order valence-electron chi connectivity index (χ0n) is 15.3. The Morgan fingerprint density at radius 1 is 1.17 bits per heavy atom. The van der Waals surface area contributed by atoms with Gasteiger partial charge in [-0.3, -0.25) is 0 Å². The molecule has 3 nitrogen and oxygen atoms in total. The molecule has 2 aromatic rings. The van der Waals surface area contributed by atoms with Gasteiger partial charge in [-0.15, -0.1) is 0 Å². The molecule has 0 aliphatic carbocycles. The summed E-state index contributed by atoms with van der Waals surface area (Å²) in [6, 6.07) is 3.94.